The molecule has 14 heteroatoms. The van der Waals surface area contributed by atoms with Crippen molar-refractivity contribution in [1.29, 1.82) is 0 Å². The summed E-state index contributed by atoms with van der Waals surface area (Å²) in [6.07, 6.45) is 14.4. The lowest BCUT2D eigenvalue weighted by atomic mass is 9.80. The third-order valence-electron chi connectivity index (χ3n) is 16.3. The van der Waals surface area contributed by atoms with Gasteiger partial charge in [0.05, 0.1) is 39.8 Å². The number of anilines is 2. The van der Waals surface area contributed by atoms with Crippen LogP contribution in [0.3, 0.4) is 0 Å². The van der Waals surface area contributed by atoms with E-state index in [1.807, 2.05) is 145 Å². The van der Waals surface area contributed by atoms with Gasteiger partial charge in [-0.15, -0.1) is 0 Å². The first kappa shape index (κ1) is 54.2. The second kappa shape index (κ2) is 20.7. The second-order valence-corrected chi connectivity index (χ2v) is 23.5. The minimum atomic E-state index is -0.555. The zero-order valence-electron chi connectivity index (χ0n) is 49.3. The average Bonchev–Trinajstić information content (AvgIpc) is 0.727. The van der Waals surface area contributed by atoms with Gasteiger partial charge in [0.1, 0.15) is 49.9 Å². The normalized spacial score (nSPS) is 13.4. The summed E-state index contributed by atoms with van der Waals surface area (Å²) in [5.74, 6) is -0.00331. The Kier molecular flexibility index (Phi) is 13.2. The number of aromatic nitrogens is 4. The van der Waals surface area contributed by atoms with Gasteiger partial charge < -0.3 is 18.9 Å². The lowest BCUT2D eigenvalue weighted by molar-refractivity contribution is -0.671. The molecule has 0 bridgehead atoms. The van der Waals surface area contributed by atoms with Crippen LogP contribution in [0.2, 0.25) is 0 Å². The van der Waals surface area contributed by atoms with Gasteiger partial charge in [-0.1, -0.05) is 91.8 Å². The Morgan fingerprint density at radius 2 is 0.659 bits per heavy atom. The highest BCUT2D eigenvalue weighted by Gasteiger charge is 2.44. The number of nitrogens with zero attached hydrogens (tertiary/aromatic N) is 6. The molecule has 422 valence electrons. The van der Waals surface area contributed by atoms with Crippen LogP contribution in [0.15, 0.2) is 159 Å². The standard InChI is InChI=1S/C71H63N6O8/c1-38(2)46-22-12-23-47(39(3)4)66(46)76-68(78)50-30-54(82-42-18-14-26-72-34-42)60-61-55(83-43-19-15-27-73(9)35-43)31-52-59-53(71(81)77(70(52)80)67-48(40(5)6)24-13-25-49(67)41(7)8)33-57(85-45-21-17-29-75(11)37-45)63(65(59)61)62-56(84-44-20-16-28-74(10)36-44)32-51(69(76)79)58(50)64(60)62/h12-41H,1-11H3/q+3. The summed E-state index contributed by atoms with van der Waals surface area (Å²) < 4.78 is 34.4. The summed E-state index contributed by atoms with van der Waals surface area (Å²) in [5, 5.41) is 3.15. The molecule has 0 N–H and O–H groups in total. The van der Waals surface area contributed by atoms with Crippen LogP contribution in [0.25, 0.3) is 43.1 Å². The highest BCUT2D eigenvalue weighted by molar-refractivity contribution is 6.48. The fourth-order valence-electron chi connectivity index (χ4n) is 12.6. The molecule has 0 aliphatic carbocycles. The van der Waals surface area contributed by atoms with Crippen LogP contribution in [0, 0.1) is 0 Å². The maximum atomic E-state index is 16.2. The van der Waals surface area contributed by atoms with Gasteiger partial charge in [0, 0.05) is 67.5 Å². The smallest absolute Gasteiger partial charge is 0.266 e. The molecule has 0 spiro atoms. The zero-order valence-corrected chi connectivity index (χ0v) is 49.3. The van der Waals surface area contributed by atoms with Crippen molar-refractivity contribution < 1.29 is 51.8 Å². The number of rotatable bonds is 14. The Morgan fingerprint density at radius 1 is 0.365 bits per heavy atom. The number of pyridine rings is 4. The zero-order chi connectivity index (χ0) is 59.4. The highest BCUT2D eigenvalue weighted by Crippen LogP contribution is 2.59. The summed E-state index contributed by atoms with van der Waals surface area (Å²) in [5.41, 5.74) is 5.16. The molecule has 0 saturated carbocycles. The highest BCUT2D eigenvalue weighted by atomic mass is 16.5. The van der Waals surface area contributed by atoms with Crippen LogP contribution in [0.1, 0.15) is 143 Å². The van der Waals surface area contributed by atoms with Gasteiger partial charge in [-0.3, -0.25) is 24.2 Å². The minimum absolute atomic E-state index is 0.0726. The van der Waals surface area contributed by atoms with E-state index in [9.17, 15) is 0 Å². The van der Waals surface area contributed by atoms with Crippen LogP contribution >= 0.6 is 0 Å². The van der Waals surface area contributed by atoms with Crippen molar-refractivity contribution in [1.82, 2.24) is 4.98 Å². The van der Waals surface area contributed by atoms with E-state index in [0.29, 0.717) is 77.5 Å². The lowest BCUT2D eigenvalue weighted by Crippen LogP contribution is -2.42. The molecule has 7 aromatic carbocycles. The molecular weight excluding hydrogens is 1060 g/mol. The summed E-state index contributed by atoms with van der Waals surface area (Å²) in [6, 6.07) is 33.3. The van der Waals surface area contributed by atoms with Crippen molar-refractivity contribution in [2.75, 3.05) is 9.80 Å². The number of fused-ring (bicyclic) bond motifs is 2. The molecule has 85 heavy (non-hydrogen) atoms. The van der Waals surface area contributed by atoms with E-state index in [4.69, 9.17) is 18.9 Å². The number of amides is 4. The number of carbonyl (C=O) groups excluding carboxylic acids is 4. The topological polar surface area (TPSA) is 136 Å². The van der Waals surface area contributed by atoms with Gasteiger partial charge in [-0.05, 0) is 101 Å². The van der Waals surface area contributed by atoms with Gasteiger partial charge in [0.15, 0.2) is 35.8 Å². The van der Waals surface area contributed by atoms with E-state index < -0.39 is 23.6 Å². The van der Waals surface area contributed by atoms with Crippen molar-refractivity contribution in [2.24, 2.45) is 21.1 Å². The van der Waals surface area contributed by atoms with Crippen molar-refractivity contribution in [3.63, 3.8) is 0 Å². The first-order valence-electron chi connectivity index (χ1n) is 28.7. The molecular formula is C71H63N6O8+3. The van der Waals surface area contributed by atoms with Crippen LogP contribution < -0.4 is 42.4 Å². The molecule has 11 aromatic rings. The summed E-state index contributed by atoms with van der Waals surface area (Å²) >= 11 is 0. The molecule has 2 aliphatic rings. The van der Waals surface area contributed by atoms with E-state index >= 15 is 19.2 Å². The third-order valence-corrected chi connectivity index (χ3v) is 16.3. The van der Waals surface area contributed by atoms with Crippen LogP contribution in [-0.2, 0) is 21.1 Å². The molecule has 0 unspecified atom stereocenters. The SMILES string of the molecule is CC(C)c1cccc(C(C)C)c1N1C(=O)c2cc(Oc3cccnc3)c3c4c(Oc5ccc[n+](C)c5)cc5c6c(cc(Oc7ccc[n+](C)c7)c(c7c(Oc8ccc[n+](C)c8)cc(c2c37)C1=O)c64)C(=O)N(c1c(C(C)C)cccc1C(C)C)C5=O. The van der Waals surface area contributed by atoms with E-state index in [0.717, 1.165) is 22.3 Å². The minimum Gasteiger partial charge on any atom is -0.455 e. The van der Waals surface area contributed by atoms with Crippen molar-refractivity contribution in [3.05, 3.63) is 203 Å². The fourth-order valence-corrected chi connectivity index (χ4v) is 12.6. The fraction of sp³-hybridized carbons (Fsp3) is 0.211. The predicted octanol–water partition coefficient (Wildman–Crippen LogP) is 14.9. The number of carbonyl (C=O) groups is 4. The maximum absolute atomic E-state index is 16.2. The van der Waals surface area contributed by atoms with Gasteiger partial charge in [0.2, 0.25) is 18.6 Å². The Hall–Kier alpha value is -10.1. The van der Waals surface area contributed by atoms with Gasteiger partial charge >= 0.3 is 0 Å². The number of benzene rings is 7. The second-order valence-electron chi connectivity index (χ2n) is 23.5. The van der Waals surface area contributed by atoms with E-state index in [1.54, 1.807) is 48.8 Å². The number of hydrogen-bond acceptors (Lipinski definition) is 9. The van der Waals surface area contributed by atoms with E-state index in [1.165, 1.54) is 9.80 Å². The average molecular weight is 1130 g/mol. The first-order valence-corrected chi connectivity index (χ1v) is 28.7. The molecule has 13 rings (SSSR count). The van der Waals surface area contributed by atoms with Gasteiger partial charge in [-0.25, -0.2) is 23.5 Å². The Bertz CT molecular complexity index is 4570. The van der Waals surface area contributed by atoms with Crippen LogP contribution in [-0.4, -0.2) is 28.6 Å². The molecule has 4 amide bonds. The molecule has 6 heterocycles. The first-order chi connectivity index (χ1) is 40.9. The van der Waals surface area contributed by atoms with E-state index in [2.05, 4.69) is 60.4 Å². The monoisotopic (exact) mass is 1130 g/mol. The maximum Gasteiger partial charge on any atom is 0.266 e. The van der Waals surface area contributed by atoms with E-state index in [-0.39, 0.29) is 68.9 Å². The molecule has 14 nitrogen and oxygen atoms in total. The van der Waals surface area contributed by atoms with Crippen molar-refractivity contribution >= 4 is 78.1 Å². The summed E-state index contributed by atoms with van der Waals surface area (Å²) in [7, 11) is 5.66. The Morgan fingerprint density at radius 3 is 0.929 bits per heavy atom. The Balaban J connectivity index is 1.27. The number of para-hydroxylation sites is 2. The lowest BCUT2D eigenvalue weighted by Gasteiger charge is -2.35. The molecule has 0 saturated heterocycles. The molecule has 0 atom stereocenters. The van der Waals surface area contributed by atoms with Crippen LogP contribution in [0.4, 0.5) is 11.4 Å². The molecule has 2 aliphatic heterocycles. The predicted molar refractivity (Wildman–Crippen MR) is 327 cm³/mol. The van der Waals surface area contributed by atoms with Gasteiger partial charge in [0.25, 0.3) is 23.6 Å². The number of hydrogen-bond donors (Lipinski definition) is 0. The van der Waals surface area contributed by atoms with Crippen LogP contribution in [0.5, 0.6) is 46.0 Å². The summed E-state index contributed by atoms with van der Waals surface area (Å²) in [6.45, 7) is 16.4. The number of imide groups is 2. The molecule has 0 fully saturated rings. The molecule has 4 aromatic heterocycles. The Labute approximate surface area is 492 Å². The number of aryl methyl sites for hydroxylation is 3. The summed E-state index contributed by atoms with van der Waals surface area (Å²) in [4.78, 5) is 71.9. The van der Waals surface area contributed by atoms with Crippen molar-refractivity contribution in [3.8, 4) is 46.0 Å². The van der Waals surface area contributed by atoms with Crippen molar-refractivity contribution in [2.45, 2.75) is 79.1 Å². The molecule has 0 radical (unpaired) electrons. The quantitative estimate of drug-likeness (QED) is 0.0451. The largest absolute Gasteiger partial charge is 0.455 e. The van der Waals surface area contributed by atoms with Gasteiger partial charge in [-0.2, -0.15) is 0 Å². The number of ether oxygens (including phenoxy) is 4. The third kappa shape index (κ3) is 8.84.